The van der Waals surface area contributed by atoms with Gasteiger partial charge in [-0.3, -0.25) is 4.99 Å². The number of para-hydroxylation sites is 1. The summed E-state index contributed by atoms with van der Waals surface area (Å²) in [4.78, 5) is 12.3. The van der Waals surface area contributed by atoms with E-state index in [1.165, 1.54) is 4.88 Å². The van der Waals surface area contributed by atoms with E-state index in [4.69, 9.17) is 4.74 Å². The molecule has 0 fully saturated rings. The molecule has 0 aliphatic heterocycles. The monoisotopic (exact) mass is 503 g/mol. The molecule has 1 unspecified atom stereocenters. The Morgan fingerprint density at radius 2 is 1.96 bits per heavy atom. The highest BCUT2D eigenvalue weighted by molar-refractivity contribution is 14.0. The van der Waals surface area contributed by atoms with Gasteiger partial charge in [0.15, 0.2) is 5.96 Å². The van der Waals surface area contributed by atoms with Crippen molar-refractivity contribution in [3.05, 3.63) is 45.4 Å². The van der Waals surface area contributed by atoms with E-state index in [1.54, 1.807) is 25.5 Å². The van der Waals surface area contributed by atoms with E-state index < -0.39 is 0 Å². The number of methoxy groups -OCH3 is 1. The Kier molecular flexibility index (Phi) is 10.0. The van der Waals surface area contributed by atoms with Crippen LogP contribution in [0.3, 0.4) is 0 Å². The molecule has 8 heteroatoms. The van der Waals surface area contributed by atoms with E-state index in [9.17, 15) is 0 Å². The molecule has 1 aromatic heterocycles. The van der Waals surface area contributed by atoms with Crippen molar-refractivity contribution in [2.45, 2.75) is 26.4 Å². The van der Waals surface area contributed by atoms with Gasteiger partial charge in [-0.25, -0.2) is 4.98 Å². The highest BCUT2D eigenvalue weighted by atomic mass is 127. The molecule has 0 amide bonds. The first-order valence-corrected chi connectivity index (χ1v) is 9.44. The Bertz CT molecular complexity index is 728. The van der Waals surface area contributed by atoms with E-state index in [0.717, 1.165) is 28.0 Å². The van der Waals surface area contributed by atoms with Gasteiger partial charge < -0.3 is 20.3 Å². The van der Waals surface area contributed by atoms with Crippen molar-refractivity contribution in [1.82, 2.24) is 20.5 Å². The molecule has 0 bridgehead atoms. The number of aliphatic imine (C=N–C) groups is 1. The van der Waals surface area contributed by atoms with E-state index in [-0.39, 0.29) is 30.0 Å². The lowest BCUT2D eigenvalue weighted by atomic mass is 10.0. The molecule has 1 heterocycles. The lowest BCUT2D eigenvalue weighted by Crippen LogP contribution is -2.41. The van der Waals surface area contributed by atoms with Crippen LogP contribution in [-0.4, -0.2) is 50.6 Å². The molecule has 2 N–H and O–H groups in total. The fraction of sp³-hybridized carbons (Fsp3) is 0.474. The van der Waals surface area contributed by atoms with Gasteiger partial charge in [0.1, 0.15) is 10.8 Å². The highest BCUT2D eigenvalue weighted by Crippen LogP contribution is 2.27. The van der Waals surface area contributed by atoms with Crippen LogP contribution in [0, 0.1) is 13.8 Å². The Morgan fingerprint density at radius 3 is 2.52 bits per heavy atom. The zero-order chi connectivity index (χ0) is 19.1. The summed E-state index contributed by atoms with van der Waals surface area (Å²) in [6.07, 6.45) is 0. The van der Waals surface area contributed by atoms with Crippen LogP contribution in [0.2, 0.25) is 0 Å². The molecular weight excluding hydrogens is 473 g/mol. The van der Waals surface area contributed by atoms with Crippen molar-refractivity contribution >= 4 is 41.3 Å². The zero-order valence-corrected chi connectivity index (χ0v) is 20.0. The predicted octanol–water partition coefficient (Wildman–Crippen LogP) is 3.35. The topological polar surface area (TPSA) is 61.8 Å². The van der Waals surface area contributed by atoms with Crippen molar-refractivity contribution < 1.29 is 4.74 Å². The number of aromatic nitrogens is 1. The third kappa shape index (κ3) is 6.62. The van der Waals surface area contributed by atoms with Crippen LogP contribution < -0.4 is 15.4 Å². The zero-order valence-electron chi connectivity index (χ0n) is 16.9. The second-order valence-corrected chi connectivity index (χ2v) is 7.56. The van der Waals surface area contributed by atoms with Crippen molar-refractivity contribution in [3.63, 3.8) is 0 Å². The van der Waals surface area contributed by atoms with Gasteiger partial charge in [-0.2, -0.15) is 0 Å². The van der Waals surface area contributed by atoms with Gasteiger partial charge in [0.05, 0.1) is 25.4 Å². The van der Waals surface area contributed by atoms with Crippen molar-refractivity contribution in [3.8, 4) is 5.75 Å². The molecule has 27 heavy (non-hydrogen) atoms. The second kappa shape index (κ2) is 11.5. The minimum Gasteiger partial charge on any atom is -0.496 e. The third-order valence-electron chi connectivity index (χ3n) is 4.29. The predicted molar refractivity (Wildman–Crippen MR) is 125 cm³/mol. The van der Waals surface area contributed by atoms with Crippen molar-refractivity contribution in [2.24, 2.45) is 4.99 Å². The third-order valence-corrected chi connectivity index (χ3v) is 5.36. The van der Waals surface area contributed by atoms with E-state index in [1.807, 2.05) is 25.1 Å². The molecule has 0 saturated carbocycles. The summed E-state index contributed by atoms with van der Waals surface area (Å²) in [5, 5.41) is 7.82. The Hall–Kier alpha value is -1.39. The Balaban J connectivity index is 0.00000364. The molecule has 2 rings (SSSR count). The normalized spacial score (nSPS) is 12.5. The van der Waals surface area contributed by atoms with Crippen LogP contribution in [0.4, 0.5) is 0 Å². The molecule has 0 aliphatic rings. The summed E-state index contributed by atoms with van der Waals surface area (Å²) in [5.41, 5.74) is 2.24. The molecular formula is C19H30IN5OS. The van der Waals surface area contributed by atoms with Gasteiger partial charge in [0.25, 0.3) is 0 Å². The summed E-state index contributed by atoms with van der Waals surface area (Å²) in [7, 11) is 7.62. The number of aryl methyl sites for hydroxylation is 2. The fourth-order valence-electron chi connectivity index (χ4n) is 2.70. The first-order valence-electron chi connectivity index (χ1n) is 8.63. The van der Waals surface area contributed by atoms with Gasteiger partial charge >= 0.3 is 0 Å². The lowest BCUT2D eigenvalue weighted by Gasteiger charge is -2.27. The number of nitrogens with zero attached hydrogens (tertiary/aromatic N) is 3. The van der Waals surface area contributed by atoms with Gasteiger partial charge in [-0.05, 0) is 34.0 Å². The lowest BCUT2D eigenvalue weighted by molar-refractivity contribution is 0.287. The fourth-order valence-corrected chi connectivity index (χ4v) is 3.57. The molecule has 0 spiro atoms. The molecule has 150 valence electrons. The van der Waals surface area contributed by atoms with E-state index in [0.29, 0.717) is 13.1 Å². The summed E-state index contributed by atoms with van der Waals surface area (Å²) in [6, 6.07) is 8.28. The number of nitrogens with one attached hydrogen (secondary N) is 2. The minimum absolute atomic E-state index is 0. The van der Waals surface area contributed by atoms with Crippen LogP contribution in [0.25, 0.3) is 0 Å². The number of hydrogen-bond donors (Lipinski definition) is 2. The van der Waals surface area contributed by atoms with Crippen LogP contribution in [0.1, 0.15) is 27.2 Å². The maximum absolute atomic E-state index is 5.52. The molecule has 2 aromatic rings. The molecule has 6 nitrogen and oxygen atoms in total. The summed E-state index contributed by atoms with van der Waals surface area (Å²) in [5.74, 6) is 1.65. The number of likely N-dealkylation sites (N-methyl/N-ethyl adjacent to an activating group) is 1. The maximum Gasteiger partial charge on any atom is 0.191 e. The number of ether oxygens (including phenoxy) is 1. The number of guanidine groups is 1. The van der Waals surface area contributed by atoms with Gasteiger partial charge in [-0.1, -0.05) is 18.2 Å². The van der Waals surface area contributed by atoms with Gasteiger partial charge in [-0.15, -0.1) is 35.3 Å². The molecule has 0 saturated heterocycles. The first kappa shape index (κ1) is 23.6. The molecule has 0 aliphatic carbocycles. The first-order chi connectivity index (χ1) is 12.5. The Morgan fingerprint density at radius 1 is 1.26 bits per heavy atom. The van der Waals surface area contributed by atoms with Crippen molar-refractivity contribution in [1.29, 1.82) is 0 Å². The standard InChI is InChI=1S/C19H29N5OS.HI/c1-13-14(2)26-18(23-13)12-22-19(20-3)21-11-16(24(4)5)15-9-7-8-10-17(15)25-6;/h7-10,16H,11-12H2,1-6H3,(H2,20,21,22);1H. The molecule has 0 radical (unpaired) electrons. The van der Waals surface area contributed by atoms with Crippen LogP contribution in [0.5, 0.6) is 5.75 Å². The van der Waals surface area contributed by atoms with E-state index in [2.05, 4.69) is 52.6 Å². The average Bonchev–Trinajstić information content (AvgIpc) is 2.95. The number of rotatable bonds is 7. The SMILES string of the molecule is CN=C(NCc1nc(C)c(C)s1)NCC(c1ccccc1OC)N(C)C.I. The number of hydrogen-bond acceptors (Lipinski definition) is 5. The second-order valence-electron chi connectivity index (χ2n) is 6.28. The summed E-state index contributed by atoms with van der Waals surface area (Å²) < 4.78 is 5.52. The van der Waals surface area contributed by atoms with Crippen LogP contribution >= 0.6 is 35.3 Å². The van der Waals surface area contributed by atoms with Crippen LogP contribution in [-0.2, 0) is 6.54 Å². The molecule has 1 aromatic carbocycles. The van der Waals surface area contributed by atoms with Crippen LogP contribution in [0.15, 0.2) is 29.3 Å². The highest BCUT2D eigenvalue weighted by Gasteiger charge is 2.18. The van der Waals surface area contributed by atoms with Crippen molar-refractivity contribution in [2.75, 3.05) is 34.8 Å². The Labute approximate surface area is 183 Å². The van der Waals surface area contributed by atoms with Gasteiger partial charge in [0, 0.05) is 24.0 Å². The summed E-state index contributed by atoms with van der Waals surface area (Å²) in [6.45, 7) is 5.51. The smallest absolute Gasteiger partial charge is 0.191 e. The largest absolute Gasteiger partial charge is 0.496 e. The van der Waals surface area contributed by atoms with E-state index >= 15 is 0 Å². The number of thiazole rings is 1. The minimum atomic E-state index is 0. The number of benzene rings is 1. The summed E-state index contributed by atoms with van der Waals surface area (Å²) >= 11 is 1.72. The quantitative estimate of drug-likeness (QED) is 0.345. The number of halogens is 1. The maximum atomic E-state index is 5.52. The average molecular weight is 503 g/mol. The van der Waals surface area contributed by atoms with Gasteiger partial charge in [0.2, 0.25) is 0 Å². The molecule has 1 atom stereocenters.